The van der Waals surface area contributed by atoms with Crippen molar-refractivity contribution in [1.29, 1.82) is 5.41 Å². The summed E-state index contributed by atoms with van der Waals surface area (Å²) in [4.78, 5) is 22.8. The molecule has 1 atom stereocenters. The number of Topliss-reactive ketones (excluding diaryl/α,β-unsaturated/α-hetero) is 1. The Bertz CT molecular complexity index is 634. The van der Waals surface area contributed by atoms with Crippen molar-refractivity contribution in [3.8, 4) is 11.1 Å². The van der Waals surface area contributed by atoms with Gasteiger partial charge in [-0.25, -0.2) is 0 Å². The summed E-state index contributed by atoms with van der Waals surface area (Å²) in [5.74, 6) is -0.411. The Morgan fingerprint density at radius 3 is 2.65 bits per heavy atom. The summed E-state index contributed by atoms with van der Waals surface area (Å²) in [7, 11) is 0. The molecule has 0 amide bonds. The second kappa shape index (κ2) is 6.25. The van der Waals surface area contributed by atoms with E-state index in [4.69, 9.17) is 5.41 Å². The third-order valence-electron chi connectivity index (χ3n) is 2.84. The Labute approximate surface area is 120 Å². The normalized spacial score (nSPS) is 11.7. The van der Waals surface area contributed by atoms with Crippen LogP contribution in [-0.2, 0) is 9.53 Å². The second-order valence-corrected chi connectivity index (χ2v) is 5.09. The lowest BCUT2D eigenvalue weighted by Crippen LogP contribution is -2.27. The first-order valence-corrected chi connectivity index (χ1v) is 6.87. The molecule has 0 radical (unpaired) electrons. The molecule has 1 unspecified atom stereocenters. The van der Waals surface area contributed by atoms with E-state index < -0.39 is 11.9 Å². The van der Waals surface area contributed by atoms with E-state index in [1.165, 1.54) is 18.3 Å². The average Bonchev–Trinajstić information content (AvgIpc) is 2.96. The van der Waals surface area contributed by atoms with Crippen LogP contribution >= 0.6 is 11.3 Å². The van der Waals surface area contributed by atoms with Gasteiger partial charge in [0.1, 0.15) is 11.8 Å². The molecule has 0 aliphatic carbocycles. The van der Waals surface area contributed by atoms with Gasteiger partial charge in [-0.2, -0.15) is 0 Å². The summed E-state index contributed by atoms with van der Waals surface area (Å²) in [5, 5.41) is 9.60. The van der Waals surface area contributed by atoms with Crippen LogP contribution in [0.4, 0.5) is 0 Å². The number of carbonyl (C=O) groups is 2. The zero-order valence-electron chi connectivity index (χ0n) is 10.8. The highest BCUT2D eigenvalue weighted by Gasteiger charge is 2.21. The van der Waals surface area contributed by atoms with Crippen molar-refractivity contribution in [1.82, 2.24) is 0 Å². The maximum atomic E-state index is 12.1. The van der Waals surface area contributed by atoms with Crippen molar-refractivity contribution in [2.24, 2.45) is 0 Å². The minimum absolute atomic E-state index is 0.224. The zero-order valence-corrected chi connectivity index (χ0v) is 11.6. The summed E-state index contributed by atoms with van der Waals surface area (Å²) in [5.41, 5.74) is 1.74. The van der Waals surface area contributed by atoms with Gasteiger partial charge in [0, 0.05) is 0 Å². The molecule has 102 valence electrons. The van der Waals surface area contributed by atoms with Crippen LogP contribution in [0.1, 0.15) is 16.6 Å². The molecule has 1 N–H and O–H groups in total. The quantitative estimate of drug-likeness (QED) is 0.504. The summed E-state index contributed by atoms with van der Waals surface area (Å²) >= 11 is 1.28. The van der Waals surface area contributed by atoms with Crippen LogP contribution in [0, 0.1) is 5.41 Å². The maximum absolute atomic E-state index is 12.1. The Balaban J connectivity index is 2.19. The predicted molar refractivity (Wildman–Crippen MR) is 78.4 cm³/mol. The molecular formula is C15H13NO3S. The SMILES string of the molecule is CC(OC=O)C(=N)C(=O)c1cc(-c2ccccc2)cs1. The summed E-state index contributed by atoms with van der Waals surface area (Å²) in [6.07, 6.45) is -0.831. The first-order valence-electron chi connectivity index (χ1n) is 5.99. The fourth-order valence-corrected chi connectivity index (χ4v) is 2.58. The molecule has 2 rings (SSSR count). The minimum Gasteiger partial charge on any atom is -0.458 e. The summed E-state index contributed by atoms with van der Waals surface area (Å²) < 4.78 is 4.62. The molecule has 0 aliphatic heterocycles. The molecule has 5 heteroatoms. The van der Waals surface area contributed by atoms with E-state index in [9.17, 15) is 9.59 Å². The first-order chi connectivity index (χ1) is 9.63. The third-order valence-corrected chi connectivity index (χ3v) is 3.77. The van der Waals surface area contributed by atoms with Crippen LogP contribution in [0.5, 0.6) is 0 Å². The van der Waals surface area contributed by atoms with Crippen LogP contribution in [0.2, 0.25) is 0 Å². The number of rotatable bonds is 6. The number of ketones is 1. The number of benzene rings is 1. The average molecular weight is 287 g/mol. The molecular weight excluding hydrogens is 274 g/mol. The Morgan fingerprint density at radius 2 is 2.00 bits per heavy atom. The molecule has 0 fully saturated rings. The number of ether oxygens (including phenoxy) is 1. The standard InChI is InChI=1S/C15H13NO3S/c1-10(19-9-17)14(16)15(18)13-7-12(8-20-13)11-5-3-2-4-6-11/h2-10,16H,1H3. The van der Waals surface area contributed by atoms with E-state index in [0.717, 1.165) is 11.1 Å². The van der Waals surface area contributed by atoms with Crippen LogP contribution in [-0.4, -0.2) is 24.1 Å². The van der Waals surface area contributed by atoms with E-state index in [1.807, 2.05) is 35.7 Å². The molecule has 1 aromatic heterocycles. The smallest absolute Gasteiger partial charge is 0.293 e. The fraction of sp³-hybridized carbons (Fsp3) is 0.133. The van der Waals surface area contributed by atoms with Gasteiger partial charge in [0.25, 0.3) is 6.47 Å². The molecule has 20 heavy (non-hydrogen) atoms. The minimum atomic E-state index is -0.831. The van der Waals surface area contributed by atoms with Crippen molar-refractivity contribution in [2.45, 2.75) is 13.0 Å². The van der Waals surface area contributed by atoms with Gasteiger partial charge >= 0.3 is 0 Å². The zero-order chi connectivity index (χ0) is 14.5. The summed E-state index contributed by atoms with van der Waals surface area (Å²) in [6, 6.07) is 11.5. The lowest BCUT2D eigenvalue weighted by Gasteiger charge is -2.08. The van der Waals surface area contributed by atoms with E-state index in [0.29, 0.717) is 4.88 Å². The van der Waals surface area contributed by atoms with Gasteiger partial charge in [-0.1, -0.05) is 30.3 Å². The van der Waals surface area contributed by atoms with E-state index in [1.54, 1.807) is 6.07 Å². The van der Waals surface area contributed by atoms with Gasteiger partial charge in [0.05, 0.1) is 4.88 Å². The highest BCUT2D eigenvalue weighted by Crippen LogP contribution is 2.26. The number of nitrogens with one attached hydrogen (secondary N) is 1. The van der Waals surface area contributed by atoms with Crippen LogP contribution in [0.15, 0.2) is 41.8 Å². The van der Waals surface area contributed by atoms with Gasteiger partial charge in [-0.3, -0.25) is 15.0 Å². The fourth-order valence-electron chi connectivity index (χ4n) is 1.71. The summed E-state index contributed by atoms with van der Waals surface area (Å²) in [6.45, 7) is 1.75. The first kappa shape index (κ1) is 14.1. The van der Waals surface area contributed by atoms with Crippen LogP contribution < -0.4 is 0 Å². The number of hydrogen-bond acceptors (Lipinski definition) is 5. The number of thiophene rings is 1. The lowest BCUT2D eigenvalue weighted by atomic mass is 10.1. The van der Waals surface area contributed by atoms with Crippen molar-refractivity contribution in [3.05, 3.63) is 46.7 Å². The molecule has 1 heterocycles. The Morgan fingerprint density at radius 1 is 1.30 bits per heavy atom. The van der Waals surface area contributed by atoms with Gasteiger partial charge in [-0.05, 0) is 29.5 Å². The van der Waals surface area contributed by atoms with E-state index >= 15 is 0 Å². The molecule has 0 spiro atoms. The number of carbonyl (C=O) groups excluding carboxylic acids is 2. The van der Waals surface area contributed by atoms with E-state index in [-0.39, 0.29) is 12.2 Å². The number of hydrogen-bond donors (Lipinski definition) is 1. The van der Waals surface area contributed by atoms with Crippen molar-refractivity contribution >= 4 is 29.3 Å². The molecule has 0 bridgehead atoms. The molecule has 2 aromatic rings. The lowest BCUT2D eigenvalue weighted by molar-refractivity contribution is -0.130. The van der Waals surface area contributed by atoms with Crippen LogP contribution in [0.25, 0.3) is 11.1 Å². The third kappa shape index (κ3) is 3.00. The van der Waals surface area contributed by atoms with Crippen molar-refractivity contribution in [3.63, 3.8) is 0 Å². The molecule has 4 nitrogen and oxygen atoms in total. The van der Waals surface area contributed by atoms with Gasteiger partial charge < -0.3 is 4.74 Å². The van der Waals surface area contributed by atoms with Crippen LogP contribution in [0.3, 0.4) is 0 Å². The largest absolute Gasteiger partial charge is 0.458 e. The second-order valence-electron chi connectivity index (χ2n) is 4.18. The van der Waals surface area contributed by atoms with Crippen molar-refractivity contribution in [2.75, 3.05) is 0 Å². The highest BCUT2D eigenvalue weighted by atomic mass is 32.1. The van der Waals surface area contributed by atoms with Gasteiger partial charge in [0.2, 0.25) is 5.78 Å². The Kier molecular flexibility index (Phi) is 4.42. The van der Waals surface area contributed by atoms with Crippen molar-refractivity contribution < 1.29 is 14.3 Å². The monoisotopic (exact) mass is 287 g/mol. The predicted octanol–water partition coefficient (Wildman–Crippen LogP) is 3.18. The Hall–Kier alpha value is -2.27. The molecule has 0 saturated carbocycles. The van der Waals surface area contributed by atoms with Gasteiger partial charge in [-0.15, -0.1) is 11.3 Å². The highest BCUT2D eigenvalue weighted by molar-refractivity contribution is 7.13. The molecule has 0 aliphatic rings. The molecule has 0 saturated heterocycles. The topological polar surface area (TPSA) is 67.2 Å². The van der Waals surface area contributed by atoms with E-state index in [2.05, 4.69) is 4.74 Å². The molecule has 1 aromatic carbocycles. The maximum Gasteiger partial charge on any atom is 0.293 e. The van der Waals surface area contributed by atoms with Gasteiger partial charge in [0.15, 0.2) is 0 Å².